The van der Waals surface area contributed by atoms with E-state index >= 15 is 0 Å². The van der Waals surface area contributed by atoms with E-state index in [0.717, 1.165) is 37.7 Å². The number of thiophene rings is 1. The Bertz CT molecular complexity index is 566. The fourth-order valence-corrected chi connectivity index (χ4v) is 4.12. The van der Waals surface area contributed by atoms with Crippen LogP contribution in [0.1, 0.15) is 17.7 Å². The number of nitrogens with one attached hydrogen (secondary N) is 1. The maximum atomic E-state index is 4.37. The predicted molar refractivity (Wildman–Crippen MR) is 92.7 cm³/mol. The summed E-state index contributed by atoms with van der Waals surface area (Å²) in [7, 11) is 0. The third kappa shape index (κ3) is 3.60. The van der Waals surface area contributed by atoms with Crippen LogP contribution in [0.2, 0.25) is 0 Å². The molecule has 2 aromatic heterocycles. The number of hydrogen-bond donors (Lipinski definition) is 1. The first kappa shape index (κ1) is 14.1. The van der Waals surface area contributed by atoms with Crippen molar-refractivity contribution < 1.29 is 0 Å². The lowest BCUT2D eigenvalue weighted by molar-refractivity contribution is 0.924. The number of rotatable bonds is 5. The van der Waals surface area contributed by atoms with E-state index in [1.165, 1.54) is 20.6 Å². The van der Waals surface area contributed by atoms with Crippen LogP contribution >= 0.6 is 33.9 Å². The van der Waals surface area contributed by atoms with E-state index in [-0.39, 0.29) is 0 Å². The first-order chi connectivity index (χ1) is 9.81. The van der Waals surface area contributed by atoms with E-state index in [1.54, 1.807) is 6.33 Å². The molecule has 1 N–H and O–H groups in total. The van der Waals surface area contributed by atoms with Gasteiger partial charge in [-0.05, 0) is 54.0 Å². The molecule has 0 aliphatic carbocycles. The first-order valence-corrected chi connectivity index (χ1v) is 8.76. The maximum Gasteiger partial charge on any atom is 0.134 e. The molecule has 1 aliphatic rings. The number of halogens is 1. The topological polar surface area (TPSA) is 41.0 Å². The Kier molecular flexibility index (Phi) is 4.72. The third-order valence-electron chi connectivity index (χ3n) is 3.39. The van der Waals surface area contributed by atoms with E-state index in [1.807, 2.05) is 11.3 Å². The lowest BCUT2D eigenvalue weighted by Crippen LogP contribution is -2.19. The van der Waals surface area contributed by atoms with Crippen molar-refractivity contribution in [2.75, 3.05) is 29.9 Å². The molecule has 0 aromatic carbocycles. The van der Waals surface area contributed by atoms with Gasteiger partial charge in [-0.15, -0.1) is 11.3 Å². The zero-order valence-corrected chi connectivity index (χ0v) is 14.2. The van der Waals surface area contributed by atoms with Gasteiger partial charge in [0.25, 0.3) is 0 Å². The Morgan fingerprint density at radius 2 is 2.10 bits per heavy atom. The molecule has 0 atom stereocenters. The Morgan fingerprint density at radius 1 is 1.25 bits per heavy atom. The standard InChI is InChI=1S/C14H17IN4S/c15-12-4-3-11(20-12)5-6-16-13-9-14(18-10-17-13)19-7-1-2-8-19/h3-4,9-10H,1-2,5-8H2,(H,16,17,18). The molecule has 0 unspecified atom stereocenters. The highest BCUT2D eigenvalue weighted by atomic mass is 127. The first-order valence-electron chi connectivity index (χ1n) is 6.86. The molecule has 20 heavy (non-hydrogen) atoms. The monoisotopic (exact) mass is 400 g/mol. The summed E-state index contributed by atoms with van der Waals surface area (Å²) in [5.74, 6) is 1.97. The Labute approximate surface area is 136 Å². The molecule has 4 nitrogen and oxygen atoms in total. The summed E-state index contributed by atoms with van der Waals surface area (Å²) in [5, 5.41) is 3.39. The second-order valence-electron chi connectivity index (χ2n) is 4.84. The van der Waals surface area contributed by atoms with Crippen LogP contribution in [0, 0.1) is 2.88 Å². The Morgan fingerprint density at radius 3 is 2.85 bits per heavy atom. The molecular formula is C14H17IN4S. The van der Waals surface area contributed by atoms with Crippen molar-refractivity contribution in [2.45, 2.75) is 19.3 Å². The van der Waals surface area contributed by atoms with Gasteiger partial charge in [-0.25, -0.2) is 9.97 Å². The molecule has 2 aromatic rings. The highest BCUT2D eigenvalue weighted by Crippen LogP contribution is 2.20. The van der Waals surface area contributed by atoms with Crippen LogP contribution in [0.3, 0.4) is 0 Å². The number of hydrogen-bond acceptors (Lipinski definition) is 5. The highest BCUT2D eigenvalue weighted by Gasteiger charge is 2.13. The molecule has 3 heterocycles. The Hall–Kier alpha value is -0.890. The molecule has 6 heteroatoms. The number of anilines is 2. The Balaban J connectivity index is 1.55. The SMILES string of the molecule is Ic1ccc(CCNc2cc(N3CCCC3)ncn2)s1. The van der Waals surface area contributed by atoms with Gasteiger partial charge in [-0.1, -0.05) is 0 Å². The second kappa shape index (κ2) is 6.71. The molecular weight excluding hydrogens is 383 g/mol. The van der Waals surface area contributed by atoms with E-state index in [2.05, 4.69) is 61.0 Å². The van der Waals surface area contributed by atoms with Crippen molar-refractivity contribution in [3.63, 3.8) is 0 Å². The smallest absolute Gasteiger partial charge is 0.134 e. The molecule has 0 spiro atoms. The molecule has 3 rings (SSSR count). The lowest BCUT2D eigenvalue weighted by Gasteiger charge is -2.16. The average Bonchev–Trinajstić information content (AvgIpc) is 3.11. The van der Waals surface area contributed by atoms with Gasteiger partial charge in [0, 0.05) is 30.6 Å². The molecule has 1 fully saturated rings. The summed E-state index contributed by atoms with van der Waals surface area (Å²) in [6.07, 6.45) is 5.23. The van der Waals surface area contributed by atoms with Crippen molar-refractivity contribution in [1.29, 1.82) is 0 Å². The minimum Gasteiger partial charge on any atom is -0.370 e. The maximum absolute atomic E-state index is 4.37. The molecule has 0 bridgehead atoms. The quantitative estimate of drug-likeness (QED) is 0.782. The fourth-order valence-electron chi connectivity index (χ4n) is 2.36. The third-order valence-corrected chi connectivity index (χ3v) is 5.34. The minimum atomic E-state index is 0.910. The molecule has 0 saturated carbocycles. The summed E-state index contributed by atoms with van der Waals surface area (Å²) in [5.41, 5.74) is 0. The van der Waals surface area contributed by atoms with Gasteiger partial charge in [0.15, 0.2) is 0 Å². The lowest BCUT2D eigenvalue weighted by atomic mass is 10.3. The predicted octanol–water partition coefficient (Wildman–Crippen LogP) is 3.40. The van der Waals surface area contributed by atoms with Gasteiger partial charge < -0.3 is 10.2 Å². The van der Waals surface area contributed by atoms with Gasteiger partial charge in [0.05, 0.1) is 2.88 Å². The van der Waals surface area contributed by atoms with Crippen LogP contribution in [-0.2, 0) is 6.42 Å². The summed E-state index contributed by atoms with van der Waals surface area (Å²) < 4.78 is 1.34. The molecule has 106 valence electrons. The van der Waals surface area contributed by atoms with Crippen LogP contribution in [0.5, 0.6) is 0 Å². The van der Waals surface area contributed by atoms with Crippen LogP contribution in [0.25, 0.3) is 0 Å². The largest absolute Gasteiger partial charge is 0.370 e. The van der Waals surface area contributed by atoms with E-state index in [0.29, 0.717) is 0 Å². The number of aromatic nitrogens is 2. The van der Waals surface area contributed by atoms with Crippen LogP contribution in [0.15, 0.2) is 24.5 Å². The normalized spacial score (nSPS) is 14.8. The van der Waals surface area contributed by atoms with E-state index in [9.17, 15) is 0 Å². The molecule has 0 radical (unpaired) electrons. The van der Waals surface area contributed by atoms with Crippen LogP contribution < -0.4 is 10.2 Å². The van der Waals surface area contributed by atoms with Crippen molar-refractivity contribution in [3.8, 4) is 0 Å². The highest BCUT2D eigenvalue weighted by molar-refractivity contribution is 14.1. The van der Waals surface area contributed by atoms with Gasteiger partial charge >= 0.3 is 0 Å². The van der Waals surface area contributed by atoms with Crippen LogP contribution in [0.4, 0.5) is 11.6 Å². The molecule has 1 aliphatic heterocycles. The van der Waals surface area contributed by atoms with Crippen molar-refractivity contribution in [3.05, 3.63) is 32.3 Å². The van der Waals surface area contributed by atoms with Crippen molar-refractivity contribution in [1.82, 2.24) is 9.97 Å². The van der Waals surface area contributed by atoms with Gasteiger partial charge in [-0.3, -0.25) is 0 Å². The van der Waals surface area contributed by atoms with E-state index in [4.69, 9.17) is 0 Å². The summed E-state index contributed by atoms with van der Waals surface area (Å²) in [4.78, 5) is 12.4. The second-order valence-corrected chi connectivity index (χ2v) is 7.90. The average molecular weight is 400 g/mol. The summed E-state index contributed by atoms with van der Waals surface area (Å²) in [6, 6.07) is 6.42. The fraction of sp³-hybridized carbons (Fsp3) is 0.429. The molecule has 0 amide bonds. The minimum absolute atomic E-state index is 0.910. The van der Waals surface area contributed by atoms with Gasteiger partial charge in [-0.2, -0.15) is 0 Å². The van der Waals surface area contributed by atoms with Crippen molar-refractivity contribution in [2.24, 2.45) is 0 Å². The zero-order valence-electron chi connectivity index (χ0n) is 11.2. The van der Waals surface area contributed by atoms with Gasteiger partial charge in [0.2, 0.25) is 0 Å². The summed E-state index contributed by atoms with van der Waals surface area (Å²) in [6.45, 7) is 3.14. The van der Waals surface area contributed by atoms with Crippen molar-refractivity contribution >= 4 is 45.6 Å². The van der Waals surface area contributed by atoms with E-state index < -0.39 is 0 Å². The zero-order chi connectivity index (χ0) is 13.8. The van der Waals surface area contributed by atoms with Crippen LogP contribution in [-0.4, -0.2) is 29.6 Å². The van der Waals surface area contributed by atoms with Gasteiger partial charge in [0.1, 0.15) is 18.0 Å². The summed E-state index contributed by atoms with van der Waals surface area (Å²) >= 11 is 4.21. The molecule has 1 saturated heterocycles. The number of nitrogens with zero attached hydrogens (tertiary/aromatic N) is 3.